The predicted octanol–water partition coefficient (Wildman–Crippen LogP) is 3.99. The molecule has 33 heavy (non-hydrogen) atoms. The third-order valence-corrected chi connectivity index (χ3v) is 5.21. The molecule has 4 aromatic rings. The van der Waals surface area contributed by atoms with E-state index in [1.165, 1.54) is 21.3 Å². The zero-order valence-electron chi connectivity index (χ0n) is 19.0. The van der Waals surface area contributed by atoms with E-state index in [4.69, 9.17) is 18.9 Å². The van der Waals surface area contributed by atoms with E-state index in [1.54, 1.807) is 29.8 Å². The summed E-state index contributed by atoms with van der Waals surface area (Å²) in [5, 5.41) is 7.31. The number of carbonyl (C=O) groups excluding carboxylic acids is 1. The van der Waals surface area contributed by atoms with Crippen LogP contribution >= 0.6 is 0 Å². The summed E-state index contributed by atoms with van der Waals surface area (Å²) < 4.78 is 22.9. The molecule has 2 heterocycles. The van der Waals surface area contributed by atoms with Gasteiger partial charge in [0, 0.05) is 22.9 Å². The topological polar surface area (TPSA) is 96.2 Å². The number of anilines is 1. The summed E-state index contributed by atoms with van der Waals surface area (Å²) in [4.78, 5) is 17.7. The van der Waals surface area contributed by atoms with Crippen molar-refractivity contribution >= 4 is 17.2 Å². The van der Waals surface area contributed by atoms with Crippen molar-refractivity contribution in [3.63, 3.8) is 0 Å². The number of fused-ring (bicyclic) bond motifs is 1. The van der Waals surface area contributed by atoms with Crippen molar-refractivity contribution in [1.29, 1.82) is 0 Å². The van der Waals surface area contributed by atoms with E-state index in [9.17, 15) is 4.79 Å². The minimum absolute atomic E-state index is 0.309. The molecule has 0 aliphatic heterocycles. The number of aryl methyl sites for hydroxylation is 1. The van der Waals surface area contributed by atoms with Crippen molar-refractivity contribution in [2.24, 2.45) is 0 Å². The first-order valence-electron chi connectivity index (χ1n) is 10.1. The van der Waals surface area contributed by atoms with E-state index in [-0.39, 0.29) is 5.91 Å². The van der Waals surface area contributed by atoms with Gasteiger partial charge in [0.15, 0.2) is 17.1 Å². The number of methoxy groups -OCH3 is 4. The fraction of sp³-hybridized carbons (Fsp3) is 0.208. The lowest BCUT2D eigenvalue weighted by Gasteiger charge is -2.15. The molecule has 0 radical (unpaired) electrons. The lowest BCUT2D eigenvalue weighted by atomic mass is 10.1. The van der Waals surface area contributed by atoms with Gasteiger partial charge in [0.2, 0.25) is 11.6 Å². The van der Waals surface area contributed by atoms with E-state index in [1.807, 2.05) is 37.4 Å². The SMILES string of the molecule is COc1ccc2nc(-c3ccc(C)c(NC(=O)c4cc(OC)c(OC)c(OC)c4)c3)cn2n1. The largest absolute Gasteiger partial charge is 0.493 e. The minimum Gasteiger partial charge on any atom is -0.493 e. The van der Waals surface area contributed by atoms with Crippen LogP contribution in [0.2, 0.25) is 0 Å². The third kappa shape index (κ3) is 4.25. The second kappa shape index (κ2) is 9.07. The van der Waals surface area contributed by atoms with Gasteiger partial charge in [-0.3, -0.25) is 4.79 Å². The van der Waals surface area contributed by atoms with Crippen molar-refractivity contribution in [3.05, 3.63) is 59.8 Å². The van der Waals surface area contributed by atoms with Gasteiger partial charge in [-0.15, -0.1) is 5.10 Å². The Morgan fingerprint density at radius 1 is 0.909 bits per heavy atom. The number of nitrogens with zero attached hydrogens (tertiary/aromatic N) is 3. The molecule has 0 fully saturated rings. The van der Waals surface area contributed by atoms with Gasteiger partial charge in [-0.1, -0.05) is 12.1 Å². The highest BCUT2D eigenvalue weighted by Crippen LogP contribution is 2.38. The van der Waals surface area contributed by atoms with Crippen LogP contribution in [-0.4, -0.2) is 48.9 Å². The van der Waals surface area contributed by atoms with Gasteiger partial charge in [-0.05, 0) is 36.8 Å². The average Bonchev–Trinajstić information content (AvgIpc) is 3.27. The quantitative estimate of drug-likeness (QED) is 0.457. The normalized spacial score (nSPS) is 10.7. The van der Waals surface area contributed by atoms with E-state index in [0.717, 1.165) is 16.8 Å². The molecule has 9 nitrogen and oxygen atoms in total. The summed E-state index contributed by atoms with van der Waals surface area (Å²) in [6.45, 7) is 1.92. The first-order chi connectivity index (χ1) is 16.0. The van der Waals surface area contributed by atoms with Crippen LogP contribution in [0.5, 0.6) is 23.1 Å². The van der Waals surface area contributed by atoms with Gasteiger partial charge in [0.1, 0.15) is 0 Å². The zero-order valence-corrected chi connectivity index (χ0v) is 19.0. The molecule has 0 aliphatic carbocycles. The van der Waals surface area contributed by atoms with E-state index in [0.29, 0.717) is 40.0 Å². The van der Waals surface area contributed by atoms with E-state index in [2.05, 4.69) is 15.4 Å². The maximum atomic E-state index is 13.1. The second-order valence-electron chi connectivity index (χ2n) is 7.20. The monoisotopic (exact) mass is 448 g/mol. The molecule has 0 saturated carbocycles. The van der Waals surface area contributed by atoms with E-state index >= 15 is 0 Å². The number of carbonyl (C=O) groups is 1. The first kappa shape index (κ1) is 21.9. The number of hydrogen-bond donors (Lipinski definition) is 1. The van der Waals surface area contributed by atoms with Gasteiger partial charge in [0.05, 0.1) is 40.3 Å². The number of amides is 1. The molecule has 0 saturated heterocycles. The Bertz CT molecular complexity index is 1310. The summed E-state index contributed by atoms with van der Waals surface area (Å²) in [6.07, 6.45) is 1.81. The number of benzene rings is 2. The van der Waals surface area contributed by atoms with Gasteiger partial charge in [-0.2, -0.15) is 0 Å². The lowest BCUT2D eigenvalue weighted by molar-refractivity contribution is 0.102. The maximum Gasteiger partial charge on any atom is 0.255 e. The number of hydrogen-bond acceptors (Lipinski definition) is 7. The van der Waals surface area contributed by atoms with Crippen molar-refractivity contribution in [3.8, 4) is 34.4 Å². The highest BCUT2D eigenvalue weighted by Gasteiger charge is 2.18. The second-order valence-corrected chi connectivity index (χ2v) is 7.20. The minimum atomic E-state index is -0.309. The molecule has 1 N–H and O–H groups in total. The van der Waals surface area contributed by atoms with Crippen LogP contribution in [0.15, 0.2) is 48.7 Å². The van der Waals surface area contributed by atoms with E-state index < -0.39 is 0 Å². The molecule has 0 aliphatic rings. The number of aromatic nitrogens is 3. The van der Waals surface area contributed by atoms with Crippen molar-refractivity contribution < 1.29 is 23.7 Å². The van der Waals surface area contributed by atoms with Gasteiger partial charge in [-0.25, -0.2) is 9.50 Å². The number of rotatable bonds is 7. The van der Waals surface area contributed by atoms with Crippen LogP contribution < -0.4 is 24.3 Å². The van der Waals surface area contributed by atoms with Crippen LogP contribution in [-0.2, 0) is 0 Å². The number of nitrogens with one attached hydrogen (secondary N) is 1. The molecule has 1 amide bonds. The third-order valence-electron chi connectivity index (χ3n) is 5.21. The van der Waals surface area contributed by atoms with Crippen LogP contribution in [0, 0.1) is 6.92 Å². The smallest absolute Gasteiger partial charge is 0.255 e. The molecule has 0 unspecified atom stereocenters. The summed E-state index contributed by atoms with van der Waals surface area (Å²) in [6, 6.07) is 12.6. The predicted molar refractivity (Wildman–Crippen MR) is 124 cm³/mol. The Kier molecular flexibility index (Phi) is 6.03. The van der Waals surface area contributed by atoms with Gasteiger partial charge < -0.3 is 24.3 Å². The lowest BCUT2D eigenvalue weighted by Crippen LogP contribution is -2.13. The fourth-order valence-corrected chi connectivity index (χ4v) is 3.44. The van der Waals surface area contributed by atoms with Crippen molar-refractivity contribution in [2.45, 2.75) is 6.92 Å². The van der Waals surface area contributed by atoms with Crippen LogP contribution in [0.25, 0.3) is 16.9 Å². The Morgan fingerprint density at radius 3 is 2.27 bits per heavy atom. The van der Waals surface area contributed by atoms with Crippen LogP contribution in [0.3, 0.4) is 0 Å². The molecular formula is C24H24N4O5. The van der Waals surface area contributed by atoms with Crippen LogP contribution in [0.1, 0.15) is 15.9 Å². The maximum absolute atomic E-state index is 13.1. The molecule has 0 atom stereocenters. The molecule has 0 spiro atoms. The summed E-state index contributed by atoms with van der Waals surface area (Å²) in [5.41, 5.74) is 4.19. The summed E-state index contributed by atoms with van der Waals surface area (Å²) in [5.74, 6) is 1.41. The average molecular weight is 448 g/mol. The summed E-state index contributed by atoms with van der Waals surface area (Å²) in [7, 11) is 6.09. The van der Waals surface area contributed by atoms with Crippen LogP contribution in [0.4, 0.5) is 5.69 Å². The van der Waals surface area contributed by atoms with Crippen molar-refractivity contribution in [2.75, 3.05) is 33.8 Å². The fourth-order valence-electron chi connectivity index (χ4n) is 3.44. The van der Waals surface area contributed by atoms with Crippen molar-refractivity contribution in [1.82, 2.24) is 14.6 Å². The Hall–Kier alpha value is -4.27. The first-order valence-corrected chi connectivity index (χ1v) is 10.1. The molecule has 2 aromatic heterocycles. The number of imidazole rings is 1. The number of ether oxygens (including phenoxy) is 4. The summed E-state index contributed by atoms with van der Waals surface area (Å²) >= 11 is 0. The standard InChI is InChI=1S/C24H24N4O5/c1-14-6-7-15(18-13-28-21(25-18)8-9-22(27-28)32-4)10-17(14)26-24(29)16-11-19(30-2)23(33-5)20(12-16)31-3/h6-13H,1-5H3,(H,26,29). The Balaban J connectivity index is 1.66. The van der Waals surface area contributed by atoms with Gasteiger partial charge >= 0.3 is 0 Å². The molecular weight excluding hydrogens is 424 g/mol. The Labute approximate surface area is 190 Å². The highest BCUT2D eigenvalue weighted by molar-refractivity contribution is 6.05. The molecule has 2 aromatic carbocycles. The Morgan fingerprint density at radius 2 is 1.64 bits per heavy atom. The zero-order chi connectivity index (χ0) is 23.5. The molecule has 0 bridgehead atoms. The highest BCUT2D eigenvalue weighted by atomic mass is 16.5. The molecule has 4 rings (SSSR count). The van der Waals surface area contributed by atoms with Gasteiger partial charge in [0.25, 0.3) is 5.91 Å². The molecule has 170 valence electrons. The molecule has 9 heteroatoms.